The zero-order valence-electron chi connectivity index (χ0n) is 16.1. The average molecular weight is 368 g/mol. The molecule has 0 rings (SSSR count). The fraction of sp³-hybridized carbons (Fsp3) is 0.947. The monoisotopic (exact) mass is 367 g/mol. The molecular formula is C19H38NNaS2. The molecule has 0 aliphatic heterocycles. The molecule has 0 fully saturated rings. The molecule has 23 heavy (non-hydrogen) atoms. The molecule has 0 unspecified atom stereocenters. The maximum Gasteiger partial charge on any atom is 1.00 e. The first kappa shape index (κ1) is 26.3. The van der Waals surface area contributed by atoms with E-state index in [9.17, 15) is 0 Å². The zero-order valence-corrected chi connectivity index (χ0v) is 19.7. The van der Waals surface area contributed by atoms with Crippen LogP contribution < -0.4 is 29.6 Å². The molecule has 0 bridgehead atoms. The Morgan fingerprint density at radius 3 is 1.26 bits per heavy atom. The normalized spacial score (nSPS) is 10.3. The van der Waals surface area contributed by atoms with Crippen molar-refractivity contribution in [3.8, 4) is 0 Å². The molecule has 0 aliphatic rings. The Morgan fingerprint density at radius 2 is 0.957 bits per heavy atom. The van der Waals surface area contributed by atoms with Crippen LogP contribution in [0.3, 0.4) is 0 Å². The number of rotatable bonds is 16. The van der Waals surface area contributed by atoms with Crippen molar-refractivity contribution >= 4 is 29.2 Å². The molecule has 0 saturated heterocycles. The molecule has 132 valence electrons. The van der Waals surface area contributed by atoms with E-state index in [1.165, 1.54) is 89.9 Å². The second-order valence-electron chi connectivity index (χ2n) is 6.50. The largest absolute Gasteiger partial charge is 1.00 e. The summed E-state index contributed by atoms with van der Waals surface area (Å²) in [6.07, 6.45) is 18.9. The molecule has 0 radical (unpaired) electrons. The second-order valence-corrected chi connectivity index (χ2v) is 7.53. The van der Waals surface area contributed by atoms with Gasteiger partial charge in [0.05, 0.1) is 0 Å². The quantitative estimate of drug-likeness (QED) is 0.177. The summed E-state index contributed by atoms with van der Waals surface area (Å²) in [6, 6.07) is 0. The van der Waals surface area contributed by atoms with Crippen LogP contribution in [0.1, 0.15) is 104 Å². The van der Waals surface area contributed by atoms with Crippen molar-refractivity contribution in [2.75, 3.05) is 13.1 Å². The van der Waals surface area contributed by atoms with Crippen LogP contribution in [0.5, 0.6) is 0 Å². The number of nitrogens with zero attached hydrogens (tertiary/aromatic N) is 1. The summed E-state index contributed by atoms with van der Waals surface area (Å²) in [4.78, 5) is 2.25. The summed E-state index contributed by atoms with van der Waals surface area (Å²) >= 11 is 10.5. The molecule has 0 N–H and O–H groups in total. The third-order valence-electron chi connectivity index (χ3n) is 4.32. The fourth-order valence-corrected chi connectivity index (χ4v) is 3.18. The topological polar surface area (TPSA) is 3.24 Å². The fourth-order valence-electron chi connectivity index (χ4n) is 2.81. The molecule has 0 atom stereocenters. The molecule has 1 nitrogen and oxygen atoms in total. The molecule has 0 heterocycles. The van der Waals surface area contributed by atoms with E-state index in [2.05, 4.69) is 18.7 Å². The van der Waals surface area contributed by atoms with E-state index in [0.717, 1.165) is 13.1 Å². The maximum atomic E-state index is 5.23. The molecule has 0 aromatic heterocycles. The third kappa shape index (κ3) is 19.3. The predicted molar refractivity (Wildman–Crippen MR) is 108 cm³/mol. The number of hydrogen-bond acceptors (Lipinski definition) is 2. The summed E-state index contributed by atoms with van der Waals surface area (Å²) in [6.45, 7) is 6.69. The zero-order chi connectivity index (χ0) is 16.5. The van der Waals surface area contributed by atoms with Crippen molar-refractivity contribution < 1.29 is 29.6 Å². The Balaban J connectivity index is 0. The Kier molecular flexibility index (Phi) is 24.2. The van der Waals surface area contributed by atoms with Gasteiger partial charge >= 0.3 is 29.6 Å². The first-order valence-corrected chi connectivity index (χ1v) is 10.5. The van der Waals surface area contributed by atoms with Gasteiger partial charge in [0.25, 0.3) is 0 Å². The third-order valence-corrected chi connectivity index (χ3v) is 4.84. The first-order valence-electron chi connectivity index (χ1n) is 9.68. The molecule has 0 aromatic rings. The van der Waals surface area contributed by atoms with Gasteiger partial charge in [-0.25, -0.2) is 0 Å². The van der Waals surface area contributed by atoms with Gasteiger partial charge in [0.2, 0.25) is 0 Å². The van der Waals surface area contributed by atoms with Crippen LogP contribution in [-0.4, -0.2) is 22.3 Å². The van der Waals surface area contributed by atoms with Gasteiger partial charge in [-0.15, -0.1) is 0 Å². The molecule has 0 saturated carbocycles. The summed E-state index contributed by atoms with van der Waals surface area (Å²) in [7, 11) is 0. The van der Waals surface area contributed by atoms with E-state index in [1.807, 2.05) is 0 Å². The van der Waals surface area contributed by atoms with Crippen LogP contribution in [0.15, 0.2) is 0 Å². The van der Waals surface area contributed by atoms with E-state index in [1.54, 1.807) is 0 Å². The molecule has 0 spiro atoms. The second kappa shape index (κ2) is 21.2. The van der Waals surface area contributed by atoms with Crippen LogP contribution in [0.2, 0.25) is 0 Å². The van der Waals surface area contributed by atoms with Crippen molar-refractivity contribution in [3.05, 3.63) is 0 Å². The van der Waals surface area contributed by atoms with Gasteiger partial charge in [-0.2, -0.15) is 0 Å². The number of unbranched alkanes of at least 4 members (excludes halogenated alkanes) is 12. The minimum atomic E-state index is 0. The molecule has 0 aliphatic carbocycles. The predicted octanol–water partition coefficient (Wildman–Crippen LogP) is 3.63. The van der Waals surface area contributed by atoms with Crippen LogP contribution in [0.25, 0.3) is 0 Å². The van der Waals surface area contributed by atoms with Gasteiger partial charge in [-0.1, -0.05) is 95.2 Å². The minimum absolute atomic E-state index is 0. The van der Waals surface area contributed by atoms with E-state index in [4.69, 9.17) is 24.8 Å². The van der Waals surface area contributed by atoms with Gasteiger partial charge in [0, 0.05) is 13.1 Å². The van der Waals surface area contributed by atoms with Gasteiger partial charge in [0.1, 0.15) is 0 Å². The van der Waals surface area contributed by atoms with E-state index < -0.39 is 0 Å². The Hall–Kier alpha value is 1.11. The standard InChI is InChI=1S/C19H39NS2.Na/c1-3-5-7-9-11-13-15-17-20(19(21)22)18-16-14-12-10-8-6-4-2;/h3-18H2,1-2H3,(H,21,22);/q;+1/p-1. The van der Waals surface area contributed by atoms with E-state index >= 15 is 0 Å². The van der Waals surface area contributed by atoms with Gasteiger partial charge < -0.3 is 29.7 Å². The Bertz CT molecular complexity index is 232. The van der Waals surface area contributed by atoms with Crippen LogP contribution in [-0.2, 0) is 12.6 Å². The van der Waals surface area contributed by atoms with Crippen molar-refractivity contribution in [3.63, 3.8) is 0 Å². The minimum Gasteiger partial charge on any atom is -0.411 e. The van der Waals surface area contributed by atoms with Gasteiger partial charge in [-0.3, -0.25) is 0 Å². The average Bonchev–Trinajstić information content (AvgIpc) is 2.50. The van der Waals surface area contributed by atoms with E-state index in [-0.39, 0.29) is 29.6 Å². The summed E-state index contributed by atoms with van der Waals surface area (Å²) in [5.74, 6) is 0. The van der Waals surface area contributed by atoms with Gasteiger partial charge in [-0.05, 0) is 12.8 Å². The van der Waals surface area contributed by atoms with E-state index in [0.29, 0.717) is 4.32 Å². The summed E-state index contributed by atoms with van der Waals surface area (Å²) in [5, 5.41) is 0. The van der Waals surface area contributed by atoms with Crippen molar-refractivity contribution in [1.29, 1.82) is 0 Å². The first-order chi connectivity index (χ1) is 10.7. The maximum absolute atomic E-state index is 5.23. The number of hydrogen-bond donors (Lipinski definition) is 0. The number of thiocarbonyl (C=S) groups is 1. The van der Waals surface area contributed by atoms with Crippen LogP contribution >= 0.6 is 12.2 Å². The van der Waals surface area contributed by atoms with Gasteiger partial charge in [0.15, 0.2) is 0 Å². The van der Waals surface area contributed by atoms with Crippen LogP contribution in [0, 0.1) is 0 Å². The van der Waals surface area contributed by atoms with Crippen molar-refractivity contribution in [1.82, 2.24) is 4.90 Å². The molecule has 4 heteroatoms. The van der Waals surface area contributed by atoms with Crippen molar-refractivity contribution in [2.24, 2.45) is 0 Å². The van der Waals surface area contributed by atoms with Crippen molar-refractivity contribution in [2.45, 2.75) is 104 Å². The van der Waals surface area contributed by atoms with Crippen LogP contribution in [0.4, 0.5) is 0 Å². The smallest absolute Gasteiger partial charge is 0.411 e. The molecular weight excluding hydrogens is 329 g/mol. The molecule has 0 amide bonds. The Labute approximate surface area is 179 Å². The summed E-state index contributed by atoms with van der Waals surface area (Å²) in [5.41, 5.74) is 0. The SMILES string of the molecule is CCCCCCCCCN(CCCCCCCCC)C(=S)[S-].[Na+]. The summed E-state index contributed by atoms with van der Waals surface area (Å²) < 4.78 is 0.678. The molecule has 0 aromatic carbocycles. The Morgan fingerprint density at radius 1 is 0.652 bits per heavy atom.